The Hall–Kier alpha value is -0.370. The molecule has 17 heavy (non-hydrogen) atoms. The second kappa shape index (κ2) is 5.09. The van der Waals surface area contributed by atoms with Gasteiger partial charge in [-0.1, -0.05) is 15.9 Å². The van der Waals surface area contributed by atoms with Crippen LogP contribution in [0.3, 0.4) is 0 Å². The minimum Gasteiger partial charge on any atom is -0.347 e. The molecule has 0 aliphatic carbocycles. The van der Waals surface area contributed by atoms with Gasteiger partial charge in [-0.3, -0.25) is 0 Å². The Balaban J connectivity index is 2.02. The van der Waals surface area contributed by atoms with Gasteiger partial charge in [0.2, 0.25) is 11.0 Å². The van der Waals surface area contributed by atoms with Gasteiger partial charge in [-0.2, -0.15) is 22.5 Å². The fraction of sp³-hybridized carbons (Fsp3) is 0.778. The maximum Gasteiger partial charge on any atom is 0.452 e. The zero-order valence-electron chi connectivity index (χ0n) is 8.87. The Morgan fingerprint density at radius 3 is 2.82 bits per heavy atom. The second-order valence-electron chi connectivity index (χ2n) is 3.98. The lowest BCUT2D eigenvalue weighted by Crippen LogP contribution is -2.20. The van der Waals surface area contributed by atoms with Crippen molar-refractivity contribution in [3.05, 3.63) is 5.82 Å². The fourth-order valence-corrected chi connectivity index (χ4v) is 3.22. The summed E-state index contributed by atoms with van der Waals surface area (Å²) >= 11 is 4.20. The summed E-state index contributed by atoms with van der Waals surface area (Å²) in [5.74, 6) is -0.492. The molecule has 0 saturated carbocycles. The Kier molecular flexibility index (Phi) is 3.92. The zero-order valence-corrected chi connectivity index (χ0v) is 11.3. The van der Waals surface area contributed by atoms with Gasteiger partial charge in [-0.25, -0.2) is 0 Å². The van der Waals surface area contributed by atoms with Crippen molar-refractivity contribution in [2.75, 3.05) is 23.3 Å². The minimum atomic E-state index is -4.44. The molecule has 0 spiro atoms. The van der Waals surface area contributed by atoms with E-state index in [2.05, 4.69) is 25.3 Å². The molecule has 8 heteroatoms. The minimum absolute atomic E-state index is 0.384. The first-order valence-electron chi connectivity index (χ1n) is 5.22. The van der Waals surface area contributed by atoms with E-state index in [9.17, 15) is 13.2 Å². The van der Waals surface area contributed by atoms with Crippen LogP contribution in [0, 0.1) is 5.92 Å². The quantitative estimate of drug-likeness (QED) is 0.797. The van der Waals surface area contributed by atoms with E-state index in [0.717, 1.165) is 42.8 Å². The summed E-state index contributed by atoms with van der Waals surface area (Å²) in [6.45, 7) is 1.54. The predicted octanol–water partition coefficient (Wildman–Crippen LogP) is 3.17. The van der Waals surface area contributed by atoms with Crippen LogP contribution < -0.4 is 4.90 Å². The standard InChI is InChI=1S/C9H11BrF3N3S/c10-3-1-6-2-4-16(5-6)8-14-7(15-17-8)9(11,12)13/h6H,1-5H2. The molecular formula is C9H11BrF3N3S. The van der Waals surface area contributed by atoms with Crippen molar-refractivity contribution in [3.63, 3.8) is 0 Å². The van der Waals surface area contributed by atoms with Gasteiger partial charge in [0.1, 0.15) is 0 Å². The van der Waals surface area contributed by atoms with Crippen molar-refractivity contribution in [2.45, 2.75) is 19.0 Å². The average Bonchev–Trinajstić information content (AvgIpc) is 2.82. The molecule has 2 rings (SSSR count). The highest BCUT2D eigenvalue weighted by Crippen LogP contribution is 2.32. The largest absolute Gasteiger partial charge is 0.452 e. The van der Waals surface area contributed by atoms with Crippen LogP contribution >= 0.6 is 27.5 Å². The highest BCUT2D eigenvalue weighted by Gasteiger charge is 2.37. The lowest BCUT2D eigenvalue weighted by molar-refractivity contribution is -0.144. The van der Waals surface area contributed by atoms with Crippen molar-refractivity contribution in [2.24, 2.45) is 5.92 Å². The van der Waals surface area contributed by atoms with E-state index in [1.807, 2.05) is 4.90 Å². The third-order valence-corrected chi connectivity index (χ3v) is 3.98. The van der Waals surface area contributed by atoms with Crippen molar-refractivity contribution >= 4 is 32.6 Å². The normalized spacial score (nSPS) is 21.2. The molecule has 1 aromatic heterocycles. The predicted molar refractivity (Wildman–Crippen MR) is 63.6 cm³/mol. The lowest BCUT2D eigenvalue weighted by atomic mass is 10.1. The molecule has 1 atom stereocenters. The van der Waals surface area contributed by atoms with E-state index >= 15 is 0 Å². The van der Waals surface area contributed by atoms with Gasteiger partial charge in [0.15, 0.2) is 0 Å². The number of aromatic nitrogens is 2. The van der Waals surface area contributed by atoms with E-state index in [4.69, 9.17) is 0 Å². The Morgan fingerprint density at radius 1 is 1.47 bits per heavy atom. The van der Waals surface area contributed by atoms with Crippen LogP contribution in [-0.4, -0.2) is 27.8 Å². The third-order valence-electron chi connectivity index (χ3n) is 2.74. The number of alkyl halides is 4. The number of anilines is 1. The molecule has 1 saturated heterocycles. The van der Waals surface area contributed by atoms with Gasteiger partial charge in [0.05, 0.1) is 0 Å². The summed E-state index contributed by atoms with van der Waals surface area (Å²) in [5, 5.41) is 1.31. The molecule has 1 aliphatic heterocycles. The molecule has 1 unspecified atom stereocenters. The van der Waals surface area contributed by atoms with Gasteiger partial charge in [-0.15, -0.1) is 0 Å². The molecule has 1 aliphatic rings. The monoisotopic (exact) mass is 329 g/mol. The average molecular weight is 330 g/mol. The smallest absolute Gasteiger partial charge is 0.347 e. The molecule has 96 valence electrons. The van der Waals surface area contributed by atoms with Gasteiger partial charge in [0.25, 0.3) is 0 Å². The molecule has 1 aromatic rings. The summed E-state index contributed by atoms with van der Waals surface area (Å²) in [6, 6.07) is 0. The maximum atomic E-state index is 12.3. The Labute approximate surface area is 109 Å². The zero-order chi connectivity index (χ0) is 12.5. The summed E-state index contributed by atoms with van der Waals surface area (Å²) < 4.78 is 40.4. The number of halogens is 4. The van der Waals surface area contributed by atoms with Crippen molar-refractivity contribution in [1.29, 1.82) is 0 Å². The fourth-order valence-electron chi connectivity index (χ4n) is 1.86. The van der Waals surface area contributed by atoms with Crippen molar-refractivity contribution in [1.82, 2.24) is 9.36 Å². The Bertz CT molecular complexity index is 382. The highest BCUT2D eigenvalue weighted by atomic mass is 79.9. The van der Waals surface area contributed by atoms with E-state index in [0.29, 0.717) is 11.0 Å². The number of nitrogens with zero attached hydrogens (tertiary/aromatic N) is 3. The second-order valence-corrected chi connectivity index (χ2v) is 5.50. The van der Waals surface area contributed by atoms with Crippen LogP contribution in [0.15, 0.2) is 0 Å². The topological polar surface area (TPSA) is 29.0 Å². The van der Waals surface area contributed by atoms with Gasteiger partial charge >= 0.3 is 6.18 Å². The van der Waals surface area contributed by atoms with E-state index in [1.165, 1.54) is 0 Å². The molecular weight excluding hydrogens is 319 g/mol. The van der Waals surface area contributed by atoms with E-state index < -0.39 is 12.0 Å². The first-order valence-corrected chi connectivity index (χ1v) is 7.12. The maximum absolute atomic E-state index is 12.3. The van der Waals surface area contributed by atoms with Crippen LogP contribution in [0.1, 0.15) is 18.7 Å². The molecule has 1 fully saturated rings. The molecule has 0 radical (unpaired) electrons. The number of rotatable bonds is 3. The van der Waals surface area contributed by atoms with Crippen LogP contribution in [0.4, 0.5) is 18.3 Å². The first kappa shape index (κ1) is 13.1. The third kappa shape index (κ3) is 3.09. The molecule has 0 amide bonds. The lowest BCUT2D eigenvalue weighted by Gasteiger charge is -2.13. The molecule has 0 aromatic carbocycles. The summed E-state index contributed by atoms with van der Waals surface area (Å²) in [4.78, 5) is 5.44. The number of hydrogen-bond donors (Lipinski definition) is 0. The highest BCUT2D eigenvalue weighted by molar-refractivity contribution is 9.09. The van der Waals surface area contributed by atoms with E-state index in [-0.39, 0.29) is 0 Å². The summed E-state index contributed by atoms with van der Waals surface area (Å²) in [5.41, 5.74) is 0. The molecule has 3 nitrogen and oxygen atoms in total. The van der Waals surface area contributed by atoms with Crippen LogP contribution in [0.5, 0.6) is 0 Å². The first-order chi connectivity index (χ1) is 8.00. The number of hydrogen-bond acceptors (Lipinski definition) is 4. The summed E-state index contributed by atoms with van der Waals surface area (Å²) in [7, 11) is 0. The van der Waals surface area contributed by atoms with Gasteiger partial charge in [-0.05, 0) is 18.8 Å². The van der Waals surface area contributed by atoms with Crippen LogP contribution in [0.2, 0.25) is 0 Å². The van der Waals surface area contributed by atoms with Gasteiger partial charge < -0.3 is 4.90 Å². The van der Waals surface area contributed by atoms with Gasteiger partial charge in [0, 0.05) is 30.0 Å². The van der Waals surface area contributed by atoms with Crippen LogP contribution in [0.25, 0.3) is 0 Å². The van der Waals surface area contributed by atoms with Crippen molar-refractivity contribution < 1.29 is 13.2 Å². The molecule has 0 bridgehead atoms. The van der Waals surface area contributed by atoms with Crippen molar-refractivity contribution in [3.8, 4) is 0 Å². The Morgan fingerprint density at radius 2 is 2.24 bits per heavy atom. The SMILES string of the molecule is FC(F)(F)c1nsc(N2CCC(CCBr)C2)n1. The summed E-state index contributed by atoms with van der Waals surface area (Å²) in [6.07, 6.45) is -2.39. The van der Waals surface area contributed by atoms with Crippen LogP contribution in [-0.2, 0) is 6.18 Å². The molecule has 2 heterocycles. The molecule has 0 N–H and O–H groups in total. The van der Waals surface area contributed by atoms with E-state index in [1.54, 1.807) is 0 Å².